The Bertz CT molecular complexity index is 355. The zero-order valence-corrected chi connectivity index (χ0v) is 14.2. The van der Waals surface area contributed by atoms with E-state index in [1.165, 1.54) is 10.0 Å². The fraction of sp³-hybridized carbons (Fsp3) is 0.714. The van der Waals surface area contributed by atoms with Crippen molar-refractivity contribution < 1.29 is 4.74 Å². The molecule has 0 fully saturated rings. The van der Waals surface area contributed by atoms with Crippen molar-refractivity contribution in [2.45, 2.75) is 52.2 Å². The van der Waals surface area contributed by atoms with Crippen LogP contribution in [-0.2, 0) is 4.74 Å². The molecule has 4 heteroatoms. The van der Waals surface area contributed by atoms with Crippen molar-refractivity contribution in [3.8, 4) is 0 Å². The molecule has 0 radical (unpaired) electrons. The Morgan fingerprint density at radius 3 is 2.56 bits per heavy atom. The Hall–Kier alpha value is 0.1000. The fourth-order valence-electron chi connectivity index (χ4n) is 2.16. The quantitative estimate of drug-likeness (QED) is 0.740. The number of ether oxygens (including phenoxy) is 1. The second-order valence-corrected chi connectivity index (χ2v) is 6.26. The molecule has 1 N–H and O–H groups in total. The second-order valence-electron chi connectivity index (χ2n) is 4.66. The Labute approximate surface area is 123 Å². The van der Waals surface area contributed by atoms with Crippen LogP contribution in [0, 0.1) is 0 Å². The van der Waals surface area contributed by atoms with E-state index in [1.54, 1.807) is 11.3 Å². The zero-order valence-electron chi connectivity index (χ0n) is 11.8. The van der Waals surface area contributed by atoms with Crippen LogP contribution < -0.4 is 5.32 Å². The predicted octanol–water partition coefficient (Wildman–Crippen LogP) is 4.76. The molecule has 0 aliphatic rings. The van der Waals surface area contributed by atoms with Gasteiger partial charge in [-0.15, -0.1) is 0 Å². The van der Waals surface area contributed by atoms with Gasteiger partial charge in [-0.05, 0) is 60.1 Å². The molecule has 0 spiro atoms. The largest absolute Gasteiger partial charge is 0.374 e. The number of thiophene rings is 1. The van der Waals surface area contributed by atoms with E-state index in [4.69, 9.17) is 4.74 Å². The first kappa shape index (κ1) is 16.2. The number of rotatable bonds is 8. The van der Waals surface area contributed by atoms with Gasteiger partial charge >= 0.3 is 0 Å². The summed E-state index contributed by atoms with van der Waals surface area (Å²) >= 11 is 5.38. The normalized spacial score (nSPS) is 16.5. The van der Waals surface area contributed by atoms with Crippen LogP contribution in [-0.4, -0.2) is 18.8 Å². The molecule has 1 aromatic rings. The van der Waals surface area contributed by atoms with Gasteiger partial charge in [-0.2, -0.15) is 11.3 Å². The molecule has 1 aromatic heterocycles. The van der Waals surface area contributed by atoms with Crippen LogP contribution in [0.2, 0.25) is 0 Å². The minimum Gasteiger partial charge on any atom is -0.374 e. The van der Waals surface area contributed by atoms with Gasteiger partial charge in [-0.25, -0.2) is 0 Å². The highest BCUT2D eigenvalue weighted by atomic mass is 79.9. The second kappa shape index (κ2) is 7.63. The molecule has 2 nitrogen and oxygen atoms in total. The molecule has 2 unspecified atom stereocenters. The Balaban J connectivity index is 3.00. The van der Waals surface area contributed by atoms with Crippen LogP contribution in [0.5, 0.6) is 0 Å². The summed E-state index contributed by atoms with van der Waals surface area (Å²) in [4.78, 5) is 0. The SMILES string of the molecule is CCCNC(c1cscc1Br)C(C)(CC)OCC. The zero-order chi connectivity index (χ0) is 13.6. The maximum absolute atomic E-state index is 6.04. The molecule has 0 aliphatic carbocycles. The lowest BCUT2D eigenvalue weighted by atomic mass is 9.88. The van der Waals surface area contributed by atoms with Crippen LogP contribution in [0.3, 0.4) is 0 Å². The van der Waals surface area contributed by atoms with E-state index in [2.05, 4.69) is 59.7 Å². The van der Waals surface area contributed by atoms with E-state index in [1.807, 2.05) is 0 Å². The molecule has 1 rings (SSSR count). The third kappa shape index (κ3) is 3.80. The van der Waals surface area contributed by atoms with E-state index in [0.29, 0.717) is 0 Å². The monoisotopic (exact) mass is 333 g/mol. The van der Waals surface area contributed by atoms with Gasteiger partial charge in [-0.1, -0.05) is 13.8 Å². The summed E-state index contributed by atoms with van der Waals surface area (Å²) in [6.07, 6.45) is 2.12. The maximum Gasteiger partial charge on any atom is 0.0846 e. The molecule has 2 atom stereocenters. The molecule has 104 valence electrons. The van der Waals surface area contributed by atoms with Gasteiger partial charge in [-0.3, -0.25) is 0 Å². The standard InChI is InChI=1S/C14H24BrNOS/c1-5-8-16-13(11-9-18-10-12(11)15)14(4,6-2)17-7-3/h9-10,13,16H,5-8H2,1-4H3. The first-order valence-electron chi connectivity index (χ1n) is 6.67. The van der Waals surface area contributed by atoms with E-state index in [-0.39, 0.29) is 11.6 Å². The third-order valence-electron chi connectivity index (χ3n) is 3.34. The summed E-state index contributed by atoms with van der Waals surface area (Å²) in [5, 5.41) is 7.99. The minimum absolute atomic E-state index is 0.159. The summed E-state index contributed by atoms with van der Waals surface area (Å²) < 4.78 is 7.22. The Kier molecular flexibility index (Phi) is 6.85. The highest BCUT2D eigenvalue weighted by Gasteiger charge is 2.35. The minimum atomic E-state index is -0.159. The average Bonchev–Trinajstić information content (AvgIpc) is 2.76. The van der Waals surface area contributed by atoms with Gasteiger partial charge in [0, 0.05) is 16.5 Å². The summed E-state index contributed by atoms with van der Waals surface area (Å²) in [6.45, 7) is 10.4. The van der Waals surface area contributed by atoms with Gasteiger partial charge < -0.3 is 10.1 Å². The highest BCUT2D eigenvalue weighted by molar-refractivity contribution is 9.10. The van der Waals surface area contributed by atoms with Gasteiger partial charge in [0.15, 0.2) is 0 Å². The van der Waals surface area contributed by atoms with Gasteiger partial charge in [0.25, 0.3) is 0 Å². The topological polar surface area (TPSA) is 21.3 Å². The van der Waals surface area contributed by atoms with E-state index in [0.717, 1.165) is 26.0 Å². The number of halogens is 1. The first-order chi connectivity index (χ1) is 8.59. The Morgan fingerprint density at radius 1 is 1.39 bits per heavy atom. The average molecular weight is 334 g/mol. The van der Waals surface area contributed by atoms with Crippen LogP contribution in [0.1, 0.15) is 52.1 Å². The highest BCUT2D eigenvalue weighted by Crippen LogP contribution is 2.37. The van der Waals surface area contributed by atoms with Crippen molar-refractivity contribution in [3.63, 3.8) is 0 Å². The molecule has 0 bridgehead atoms. The summed E-state index contributed by atoms with van der Waals surface area (Å²) in [7, 11) is 0. The molecule has 0 aromatic carbocycles. The lowest BCUT2D eigenvalue weighted by Crippen LogP contribution is -2.43. The number of hydrogen-bond donors (Lipinski definition) is 1. The first-order valence-corrected chi connectivity index (χ1v) is 8.41. The van der Waals surface area contributed by atoms with Crippen LogP contribution in [0.4, 0.5) is 0 Å². The summed E-state index contributed by atoms with van der Waals surface area (Å²) in [5.74, 6) is 0. The van der Waals surface area contributed by atoms with Gasteiger partial charge in [0.1, 0.15) is 0 Å². The molecule has 0 saturated carbocycles. The molecule has 0 aliphatic heterocycles. The summed E-state index contributed by atoms with van der Waals surface area (Å²) in [5.41, 5.74) is 1.15. The predicted molar refractivity (Wildman–Crippen MR) is 83.4 cm³/mol. The van der Waals surface area contributed by atoms with Crippen molar-refractivity contribution in [1.82, 2.24) is 5.32 Å². The van der Waals surface area contributed by atoms with Crippen molar-refractivity contribution in [2.24, 2.45) is 0 Å². The van der Waals surface area contributed by atoms with Crippen LogP contribution in [0.15, 0.2) is 15.2 Å². The maximum atomic E-state index is 6.04. The summed E-state index contributed by atoms with van der Waals surface area (Å²) in [6, 6.07) is 0.239. The third-order valence-corrected chi connectivity index (χ3v) is 5.09. The van der Waals surface area contributed by atoms with Crippen molar-refractivity contribution >= 4 is 27.3 Å². The van der Waals surface area contributed by atoms with Crippen LogP contribution in [0.25, 0.3) is 0 Å². The fourth-order valence-corrected chi connectivity index (χ4v) is 3.71. The Morgan fingerprint density at radius 2 is 2.11 bits per heavy atom. The molecule has 1 heterocycles. The molecule has 0 saturated heterocycles. The molecule has 18 heavy (non-hydrogen) atoms. The van der Waals surface area contributed by atoms with Crippen LogP contribution >= 0.6 is 27.3 Å². The van der Waals surface area contributed by atoms with Gasteiger partial charge in [0.05, 0.1) is 11.6 Å². The molecule has 0 amide bonds. The lowest BCUT2D eigenvalue weighted by Gasteiger charge is -2.37. The van der Waals surface area contributed by atoms with E-state index >= 15 is 0 Å². The van der Waals surface area contributed by atoms with Crippen molar-refractivity contribution in [2.75, 3.05) is 13.2 Å². The van der Waals surface area contributed by atoms with E-state index in [9.17, 15) is 0 Å². The van der Waals surface area contributed by atoms with Gasteiger partial charge in [0.2, 0.25) is 0 Å². The smallest absolute Gasteiger partial charge is 0.0846 e. The van der Waals surface area contributed by atoms with E-state index < -0.39 is 0 Å². The molecular weight excluding hydrogens is 310 g/mol. The number of nitrogens with one attached hydrogen (secondary N) is 1. The van der Waals surface area contributed by atoms with Crippen molar-refractivity contribution in [3.05, 3.63) is 20.8 Å². The molecular formula is C14H24BrNOS. The lowest BCUT2D eigenvalue weighted by molar-refractivity contribution is -0.0563. The van der Waals surface area contributed by atoms with Crippen molar-refractivity contribution in [1.29, 1.82) is 0 Å². The number of hydrogen-bond acceptors (Lipinski definition) is 3.